The Labute approximate surface area is 155 Å². The van der Waals surface area contributed by atoms with Crippen molar-refractivity contribution in [2.45, 2.75) is 38.6 Å². The predicted molar refractivity (Wildman–Crippen MR) is 101 cm³/mol. The van der Waals surface area contributed by atoms with Crippen molar-refractivity contribution in [1.29, 1.82) is 0 Å². The number of carbonyl (C=O) groups excluding carboxylic acids is 2. The molecule has 0 aliphatic carbocycles. The molecule has 1 fully saturated rings. The molecule has 0 bridgehead atoms. The molecule has 1 unspecified atom stereocenters. The molecule has 1 aromatic rings. The Kier molecular flexibility index (Phi) is 10.1. The Morgan fingerprint density at radius 3 is 2.92 bits per heavy atom. The molecule has 0 aromatic heterocycles. The number of nitrogens with one attached hydrogen (secondary N) is 3. The van der Waals surface area contributed by atoms with Crippen molar-refractivity contribution in [3.05, 3.63) is 29.8 Å². The minimum atomic E-state index is -0.139. The SMILES string of the molecule is CCOCCCNC(=O)c1cccc(NC(=O)CC2CCCN2)c1.Cl. The van der Waals surface area contributed by atoms with Crippen LogP contribution in [0.5, 0.6) is 0 Å². The lowest BCUT2D eigenvalue weighted by Gasteiger charge is -2.11. The lowest BCUT2D eigenvalue weighted by atomic mass is 10.1. The fourth-order valence-corrected chi connectivity index (χ4v) is 2.73. The first-order valence-electron chi connectivity index (χ1n) is 8.68. The van der Waals surface area contributed by atoms with Gasteiger partial charge in [-0.1, -0.05) is 6.07 Å². The molecule has 3 N–H and O–H groups in total. The van der Waals surface area contributed by atoms with Crippen LogP contribution in [0.4, 0.5) is 5.69 Å². The fraction of sp³-hybridized carbons (Fsp3) is 0.556. The average molecular weight is 370 g/mol. The van der Waals surface area contributed by atoms with Crippen LogP contribution < -0.4 is 16.0 Å². The number of halogens is 1. The Balaban J connectivity index is 0.00000312. The molecule has 1 heterocycles. The summed E-state index contributed by atoms with van der Waals surface area (Å²) in [5.41, 5.74) is 1.20. The number of hydrogen-bond acceptors (Lipinski definition) is 4. The molecule has 1 atom stereocenters. The van der Waals surface area contributed by atoms with E-state index in [4.69, 9.17) is 4.74 Å². The minimum absolute atomic E-state index is 0. The van der Waals surface area contributed by atoms with Crippen LogP contribution >= 0.6 is 12.4 Å². The molecule has 1 aromatic carbocycles. The number of carbonyl (C=O) groups is 2. The van der Waals surface area contributed by atoms with Crippen molar-refractivity contribution < 1.29 is 14.3 Å². The van der Waals surface area contributed by atoms with Gasteiger partial charge in [-0.05, 0) is 50.9 Å². The fourth-order valence-electron chi connectivity index (χ4n) is 2.73. The van der Waals surface area contributed by atoms with Crippen molar-refractivity contribution in [2.24, 2.45) is 0 Å². The van der Waals surface area contributed by atoms with Gasteiger partial charge in [-0.3, -0.25) is 9.59 Å². The van der Waals surface area contributed by atoms with E-state index in [2.05, 4.69) is 16.0 Å². The zero-order chi connectivity index (χ0) is 17.2. The third-order valence-corrected chi connectivity index (χ3v) is 3.96. The van der Waals surface area contributed by atoms with Crippen LogP contribution in [0.25, 0.3) is 0 Å². The molecule has 1 aliphatic heterocycles. The molecule has 0 radical (unpaired) electrons. The van der Waals surface area contributed by atoms with Crippen molar-refractivity contribution in [3.63, 3.8) is 0 Å². The molecule has 6 nitrogen and oxygen atoms in total. The third kappa shape index (κ3) is 7.86. The van der Waals surface area contributed by atoms with E-state index >= 15 is 0 Å². The van der Waals surface area contributed by atoms with Crippen molar-refractivity contribution in [2.75, 3.05) is 31.6 Å². The van der Waals surface area contributed by atoms with E-state index < -0.39 is 0 Å². The maximum Gasteiger partial charge on any atom is 0.251 e. The molecule has 25 heavy (non-hydrogen) atoms. The van der Waals surface area contributed by atoms with E-state index in [1.165, 1.54) is 0 Å². The van der Waals surface area contributed by atoms with Gasteiger partial charge in [0.2, 0.25) is 5.91 Å². The summed E-state index contributed by atoms with van der Waals surface area (Å²) < 4.78 is 5.23. The smallest absolute Gasteiger partial charge is 0.251 e. The first-order chi connectivity index (χ1) is 11.7. The molecule has 140 valence electrons. The van der Waals surface area contributed by atoms with Crippen LogP contribution in [-0.4, -0.2) is 44.2 Å². The van der Waals surface area contributed by atoms with Gasteiger partial charge < -0.3 is 20.7 Å². The summed E-state index contributed by atoms with van der Waals surface area (Å²) >= 11 is 0. The number of rotatable bonds is 9. The molecule has 2 amide bonds. The molecular weight excluding hydrogens is 342 g/mol. The Bertz CT molecular complexity index is 548. The summed E-state index contributed by atoms with van der Waals surface area (Å²) in [6.07, 6.45) is 3.41. The van der Waals surface area contributed by atoms with Crippen LogP contribution in [0.1, 0.15) is 43.0 Å². The topological polar surface area (TPSA) is 79.5 Å². The van der Waals surface area contributed by atoms with E-state index in [0.717, 1.165) is 25.8 Å². The second-order valence-electron chi connectivity index (χ2n) is 5.93. The predicted octanol–water partition coefficient (Wildman–Crippen LogP) is 2.35. The quantitative estimate of drug-likeness (QED) is 0.584. The van der Waals surface area contributed by atoms with Crippen LogP contribution in [0.2, 0.25) is 0 Å². The van der Waals surface area contributed by atoms with E-state index in [-0.39, 0.29) is 30.3 Å². The van der Waals surface area contributed by atoms with Crippen molar-refractivity contribution in [1.82, 2.24) is 10.6 Å². The standard InChI is InChI=1S/C18H27N3O3.ClH/c1-2-24-11-5-10-20-18(23)14-6-3-7-16(12-14)21-17(22)13-15-8-4-9-19-15;/h3,6-7,12,15,19H,2,4-5,8-11,13H2,1H3,(H,20,23)(H,21,22);1H. The second-order valence-corrected chi connectivity index (χ2v) is 5.93. The summed E-state index contributed by atoms with van der Waals surface area (Å²) in [5, 5.41) is 9.03. The normalized spacial score (nSPS) is 16.1. The number of anilines is 1. The largest absolute Gasteiger partial charge is 0.382 e. The molecule has 1 saturated heterocycles. The highest BCUT2D eigenvalue weighted by Gasteiger charge is 2.17. The lowest BCUT2D eigenvalue weighted by Crippen LogP contribution is -2.28. The lowest BCUT2D eigenvalue weighted by molar-refractivity contribution is -0.116. The summed E-state index contributed by atoms with van der Waals surface area (Å²) in [4.78, 5) is 24.2. The zero-order valence-corrected chi connectivity index (χ0v) is 15.5. The number of amides is 2. The van der Waals surface area contributed by atoms with E-state index in [1.54, 1.807) is 24.3 Å². The summed E-state index contributed by atoms with van der Waals surface area (Å²) in [7, 11) is 0. The second kappa shape index (κ2) is 11.8. The summed E-state index contributed by atoms with van der Waals surface area (Å²) in [6.45, 7) is 4.83. The van der Waals surface area contributed by atoms with Gasteiger partial charge in [0.05, 0.1) is 0 Å². The van der Waals surface area contributed by atoms with Gasteiger partial charge in [-0.25, -0.2) is 0 Å². The first-order valence-corrected chi connectivity index (χ1v) is 8.68. The van der Waals surface area contributed by atoms with Gasteiger partial charge in [0, 0.05) is 43.5 Å². The number of benzene rings is 1. The van der Waals surface area contributed by atoms with Crippen LogP contribution in [0.15, 0.2) is 24.3 Å². The van der Waals surface area contributed by atoms with E-state index in [9.17, 15) is 9.59 Å². The summed E-state index contributed by atoms with van der Waals surface area (Å²) in [6, 6.07) is 7.29. The van der Waals surface area contributed by atoms with Gasteiger partial charge in [0.1, 0.15) is 0 Å². The van der Waals surface area contributed by atoms with Gasteiger partial charge in [0.15, 0.2) is 0 Å². The van der Waals surface area contributed by atoms with Crippen molar-refractivity contribution >= 4 is 29.9 Å². The molecule has 1 aliphatic rings. The Morgan fingerprint density at radius 1 is 1.36 bits per heavy atom. The molecule has 2 rings (SSSR count). The monoisotopic (exact) mass is 369 g/mol. The van der Waals surface area contributed by atoms with Gasteiger partial charge in [-0.2, -0.15) is 0 Å². The maximum atomic E-state index is 12.1. The molecule has 7 heteroatoms. The van der Waals surface area contributed by atoms with Gasteiger partial charge in [0.25, 0.3) is 5.91 Å². The Morgan fingerprint density at radius 2 is 2.20 bits per heavy atom. The van der Waals surface area contributed by atoms with Crippen LogP contribution in [0.3, 0.4) is 0 Å². The van der Waals surface area contributed by atoms with Crippen molar-refractivity contribution in [3.8, 4) is 0 Å². The highest BCUT2D eigenvalue weighted by molar-refractivity contribution is 5.97. The average Bonchev–Trinajstić information content (AvgIpc) is 3.07. The first kappa shape index (κ1) is 21.4. The highest BCUT2D eigenvalue weighted by Crippen LogP contribution is 2.13. The minimum Gasteiger partial charge on any atom is -0.382 e. The Hall–Kier alpha value is -1.63. The van der Waals surface area contributed by atoms with Gasteiger partial charge >= 0.3 is 0 Å². The highest BCUT2D eigenvalue weighted by atomic mass is 35.5. The molecular formula is C18H28ClN3O3. The summed E-state index contributed by atoms with van der Waals surface area (Å²) in [5.74, 6) is -0.163. The molecule has 0 spiro atoms. The number of ether oxygens (including phenoxy) is 1. The zero-order valence-electron chi connectivity index (χ0n) is 14.7. The van der Waals surface area contributed by atoms with Crippen LogP contribution in [-0.2, 0) is 9.53 Å². The van der Waals surface area contributed by atoms with Gasteiger partial charge in [-0.15, -0.1) is 12.4 Å². The van der Waals surface area contributed by atoms with Crippen LogP contribution in [0, 0.1) is 0 Å². The molecule has 0 saturated carbocycles. The van der Waals surface area contributed by atoms with E-state index in [0.29, 0.717) is 37.4 Å². The third-order valence-electron chi connectivity index (χ3n) is 3.96. The van der Waals surface area contributed by atoms with E-state index in [1.807, 2.05) is 6.92 Å². The number of hydrogen-bond donors (Lipinski definition) is 3. The maximum absolute atomic E-state index is 12.1.